The van der Waals surface area contributed by atoms with Crippen molar-refractivity contribution in [3.05, 3.63) is 30.3 Å². The summed E-state index contributed by atoms with van der Waals surface area (Å²) < 4.78 is 25.9. The minimum absolute atomic E-state index is 0.239. The van der Waals surface area contributed by atoms with Gasteiger partial charge in [0.25, 0.3) is 0 Å². The van der Waals surface area contributed by atoms with Crippen LogP contribution in [-0.4, -0.2) is 57.7 Å². The highest BCUT2D eigenvalue weighted by Crippen LogP contribution is 2.22. The molecule has 0 aromatic heterocycles. The minimum atomic E-state index is -3.56. The molecule has 1 saturated heterocycles. The van der Waals surface area contributed by atoms with E-state index in [1.54, 1.807) is 24.3 Å². The van der Waals surface area contributed by atoms with Crippen LogP contribution >= 0.6 is 0 Å². The van der Waals surface area contributed by atoms with Gasteiger partial charge in [0.15, 0.2) is 0 Å². The van der Waals surface area contributed by atoms with Gasteiger partial charge in [0, 0.05) is 13.1 Å². The van der Waals surface area contributed by atoms with Crippen LogP contribution in [0.1, 0.15) is 39.0 Å². The SMILES string of the molecule is CCC(C(=O)NCCN1CCCCCC1)N(c1ccccc1)S(C)(=O)=O. The van der Waals surface area contributed by atoms with E-state index in [4.69, 9.17) is 0 Å². The lowest BCUT2D eigenvalue weighted by Crippen LogP contribution is -2.50. The lowest BCUT2D eigenvalue weighted by Gasteiger charge is -2.30. The van der Waals surface area contributed by atoms with Crippen LogP contribution in [-0.2, 0) is 14.8 Å². The molecule has 0 spiro atoms. The summed E-state index contributed by atoms with van der Waals surface area (Å²) in [6.45, 7) is 5.34. The fraction of sp³-hybridized carbons (Fsp3) is 0.632. The number of hydrogen-bond acceptors (Lipinski definition) is 4. The van der Waals surface area contributed by atoms with Gasteiger partial charge >= 0.3 is 0 Å². The number of nitrogens with zero attached hydrogens (tertiary/aromatic N) is 2. The van der Waals surface area contributed by atoms with Crippen LogP contribution < -0.4 is 9.62 Å². The Morgan fingerprint density at radius 3 is 2.31 bits per heavy atom. The molecular weight excluding hydrogens is 350 g/mol. The molecule has 0 aliphatic carbocycles. The second-order valence-corrected chi connectivity index (χ2v) is 8.72. The number of carbonyl (C=O) groups is 1. The smallest absolute Gasteiger partial charge is 0.243 e. The van der Waals surface area contributed by atoms with E-state index in [1.165, 1.54) is 30.0 Å². The van der Waals surface area contributed by atoms with Crippen molar-refractivity contribution >= 4 is 21.6 Å². The summed E-state index contributed by atoms with van der Waals surface area (Å²) in [6.07, 6.45) is 6.54. The van der Waals surface area contributed by atoms with E-state index >= 15 is 0 Å². The second-order valence-electron chi connectivity index (χ2n) is 6.87. The van der Waals surface area contributed by atoms with E-state index in [1.807, 2.05) is 13.0 Å². The van der Waals surface area contributed by atoms with Crippen LogP contribution in [0.25, 0.3) is 0 Å². The first-order valence-corrected chi connectivity index (χ1v) is 11.3. The lowest BCUT2D eigenvalue weighted by atomic mass is 10.2. The highest BCUT2D eigenvalue weighted by atomic mass is 32.2. The molecule has 1 heterocycles. The van der Waals surface area contributed by atoms with Gasteiger partial charge in [-0.25, -0.2) is 8.42 Å². The number of sulfonamides is 1. The maximum atomic E-state index is 12.7. The van der Waals surface area contributed by atoms with Crippen LogP contribution in [0, 0.1) is 0 Å². The van der Waals surface area contributed by atoms with Crippen molar-refractivity contribution in [1.82, 2.24) is 10.2 Å². The molecule has 2 rings (SSSR count). The van der Waals surface area contributed by atoms with Gasteiger partial charge < -0.3 is 10.2 Å². The summed E-state index contributed by atoms with van der Waals surface area (Å²) in [5, 5.41) is 2.94. The molecule has 1 aliphatic heterocycles. The topological polar surface area (TPSA) is 69.7 Å². The van der Waals surface area contributed by atoms with Gasteiger partial charge in [-0.05, 0) is 44.5 Å². The molecule has 0 radical (unpaired) electrons. The summed E-state index contributed by atoms with van der Waals surface area (Å²) in [4.78, 5) is 15.1. The molecule has 1 fully saturated rings. The van der Waals surface area contributed by atoms with Crippen LogP contribution in [0.3, 0.4) is 0 Å². The van der Waals surface area contributed by atoms with Crippen LogP contribution in [0.4, 0.5) is 5.69 Å². The number of para-hydroxylation sites is 1. The number of carbonyl (C=O) groups excluding carboxylic acids is 1. The molecule has 7 heteroatoms. The molecule has 1 unspecified atom stereocenters. The van der Waals surface area contributed by atoms with Gasteiger partial charge in [-0.3, -0.25) is 9.10 Å². The van der Waals surface area contributed by atoms with Crippen molar-refractivity contribution in [2.75, 3.05) is 36.7 Å². The van der Waals surface area contributed by atoms with E-state index in [0.717, 1.165) is 25.9 Å². The average molecular weight is 382 g/mol. The Hall–Kier alpha value is -1.60. The van der Waals surface area contributed by atoms with E-state index in [-0.39, 0.29) is 5.91 Å². The predicted octanol–water partition coefficient (Wildman–Crippen LogP) is 2.22. The van der Waals surface area contributed by atoms with E-state index < -0.39 is 16.1 Å². The first kappa shape index (κ1) is 20.7. The Morgan fingerprint density at radius 2 is 1.77 bits per heavy atom. The number of nitrogens with one attached hydrogen (secondary N) is 1. The van der Waals surface area contributed by atoms with Gasteiger partial charge in [-0.15, -0.1) is 0 Å². The zero-order valence-corrected chi connectivity index (χ0v) is 16.7. The fourth-order valence-electron chi connectivity index (χ4n) is 3.45. The van der Waals surface area contributed by atoms with Crippen molar-refractivity contribution in [1.29, 1.82) is 0 Å². The number of likely N-dealkylation sites (tertiary alicyclic amines) is 1. The lowest BCUT2D eigenvalue weighted by molar-refractivity contribution is -0.122. The molecule has 146 valence electrons. The van der Waals surface area contributed by atoms with Gasteiger partial charge in [-0.2, -0.15) is 0 Å². The largest absolute Gasteiger partial charge is 0.353 e. The Kier molecular flexibility index (Phi) is 7.90. The Labute approximate surface area is 157 Å². The van der Waals surface area contributed by atoms with Gasteiger partial charge in [0.05, 0.1) is 11.9 Å². The Morgan fingerprint density at radius 1 is 1.15 bits per heavy atom. The third-order valence-corrected chi connectivity index (χ3v) is 5.95. The van der Waals surface area contributed by atoms with E-state index in [2.05, 4.69) is 10.2 Å². The predicted molar refractivity (Wildman–Crippen MR) is 106 cm³/mol. The number of anilines is 1. The van der Waals surface area contributed by atoms with E-state index in [0.29, 0.717) is 18.7 Å². The van der Waals surface area contributed by atoms with Gasteiger partial charge in [-0.1, -0.05) is 38.0 Å². The molecule has 1 atom stereocenters. The number of benzene rings is 1. The van der Waals surface area contributed by atoms with E-state index in [9.17, 15) is 13.2 Å². The summed E-state index contributed by atoms with van der Waals surface area (Å²) in [6, 6.07) is 8.07. The minimum Gasteiger partial charge on any atom is -0.353 e. The maximum Gasteiger partial charge on any atom is 0.243 e. The molecule has 1 amide bonds. The highest BCUT2D eigenvalue weighted by Gasteiger charge is 2.31. The zero-order chi connectivity index (χ0) is 19.0. The maximum absolute atomic E-state index is 12.7. The van der Waals surface area contributed by atoms with Crippen molar-refractivity contribution in [2.24, 2.45) is 0 Å². The normalized spacial score (nSPS) is 17.3. The van der Waals surface area contributed by atoms with Crippen molar-refractivity contribution in [3.8, 4) is 0 Å². The fourth-order valence-corrected chi connectivity index (χ4v) is 4.66. The van der Waals surface area contributed by atoms with Crippen LogP contribution in [0.15, 0.2) is 30.3 Å². The van der Waals surface area contributed by atoms with Gasteiger partial charge in [0.1, 0.15) is 6.04 Å². The molecule has 1 N–H and O–H groups in total. The molecule has 6 nitrogen and oxygen atoms in total. The van der Waals surface area contributed by atoms with Crippen LogP contribution in [0.5, 0.6) is 0 Å². The number of hydrogen-bond donors (Lipinski definition) is 1. The Balaban J connectivity index is 2.01. The summed E-state index contributed by atoms with van der Waals surface area (Å²) in [7, 11) is -3.56. The monoisotopic (exact) mass is 381 g/mol. The first-order valence-electron chi connectivity index (χ1n) is 9.48. The molecule has 0 saturated carbocycles. The van der Waals surface area contributed by atoms with Crippen LogP contribution in [0.2, 0.25) is 0 Å². The highest BCUT2D eigenvalue weighted by molar-refractivity contribution is 7.92. The molecular formula is C19H31N3O3S. The number of amides is 1. The quantitative estimate of drug-likeness (QED) is 0.750. The second kappa shape index (κ2) is 9.92. The average Bonchev–Trinajstić information content (AvgIpc) is 2.88. The molecule has 1 aromatic rings. The van der Waals surface area contributed by atoms with Gasteiger partial charge in [0.2, 0.25) is 15.9 Å². The summed E-state index contributed by atoms with van der Waals surface area (Å²) in [5.74, 6) is -0.239. The molecule has 0 bridgehead atoms. The standard InChI is InChI=1S/C19H31N3O3S/c1-3-18(22(26(2,24)25)17-11-7-6-8-12-17)19(23)20-13-16-21-14-9-4-5-10-15-21/h6-8,11-12,18H,3-5,9-10,13-16H2,1-2H3,(H,20,23). The molecule has 1 aliphatic rings. The van der Waals surface area contributed by atoms with Crippen molar-refractivity contribution in [2.45, 2.75) is 45.1 Å². The Bertz CT molecular complexity index is 656. The van der Waals surface area contributed by atoms with Crippen molar-refractivity contribution < 1.29 is 13.2 Å². The first-order chi connectivity index (χ1) is 12.4. The summed E-state index contributed by atoms with van der Waals surface area (Å²) in [5.41, 5.74) is 0.518. The molecule has 1 aromatic carbocycles. The summed E-state index contributed by atoms with van der Waals surface area (Å²) >= 11 is 0. The van der Waals surface area contributed by atoms with Crippen molar-refractivity contribution in [3.63, 3.8) is 0 Å². The zero-order valence-electron chi connectivity index (χ0n) is 15.9. The molecule has 26 heavy (non-hydrogen) atoms. The number of rotatable bonds is 8. The third kappa shape index (κ3) is 5.99. The third-order valence-electron chi connectivity index (χ3n) is 4.77.